The number of benzene rings is 2. The highest BCUT2D eigenvalue weighted by atomic mass is 16.2. The van der Waals surface area contributed by atoms with Gasteiger partial charge in [-0.3, -0.25) is 14.4 Å². The van der Waals surface area contributed by atoms with E-state index < -0.39 is 0 Å². The van der Waals surface area contributed by atoms with Crippen molar-refractivity contribution >= 4 is 23.4 Å². The average Bonchev–Trinajstić information content (AvgIpc) is 2.94. The predicted molar refractivity (Wildman–Crippen MR) is 189 cm³/mol. The number of carbonyl (C=O) groups is 4. The third-order valence-corrected chi connectivity index (χ3v) is 3.04. The molecule has 0 unspecified atom stereocenters. The molecule has 0 aliphatic rings. The zero-order chi connectivity index (χ0) is 32.5. The van der Waals surface area contributed by atoms with Crippen molar-refractivity contribution in [3.05, 3.63) is 72.8 Å². The summed E-state index contributed by atoms with van der Waals surface area (Å²) in [6.07, 6.45) is 3.17. The Balaban J connectivity index is -0.0000000539. The van der Waals surface area contributed by atoms with Gasteiger partial charge in [-0.05, 0) is 27.7 Å². The molecular weight excluding hydrogens is 524 g/mol. The SMILES string of the molecule is C.C.CC.CCC.CCC.CCC(C)=O.CCNC(=O)CC(C)=O.CCNC(C)=O.c1ccccc1.c1ccccc1. The van der Waals surface area contributed by atoms with E-state index in [1.807, 2.05) is 107 Å². The van der Waals surface area contributed by atoms with Gasteiger partial charge in [-0.15, -0.1) is 0 Å². The van der Waals surface area contributed by atoms with Crippen LogP contribution >= 0.6 is 0 Å². The topological polar surface area (TPSA) is 92.3 Å². The normalized spacial score (nSPS) is 7.14. The molecule has 0 bridgehead atoms. The first-order valence-corrected chi connectivity index (χ1v) is 14.5. The first-order valence-electron chi connectivity index (χ1n) is 14.5. The lowest BCUT2D eigenvalue weighted by Crippen LogP contribution is -2.24. The monoisotopic (exact) mass is 595 g/mol. The molecule has 0 aliphatic heterocycles. The van der Waals surface area contributed by atoms with E-state index in [1.165, 1.54) is 26.7 Å². The molecule has 0 saturated heterocycles. The second kappa shape index (κ2) is 61.7. The molecule has 42 heavy (non-hydrogen) atoms. The molecule has 0 heterocycles. The lowest BCUT2D eigenvalue weighted by Gasteiger charge is -1.96. The maximum atomic E-state index is 10.5. The van der Waals surface area contributed by atoms with Crippen LogP contribution in [0.3, 0.4) is 0 Å². The zero-order valence-corrected chi connectivity index (χ0v) is 27.8. The van der Waals surface area contributed by atoms with Gasteiger partial charge in [0.25, 0.3) is 0 Å². The zero-order valence-electron chi connectivity index (χ0n) is 27.8. The van der Waals surface area contributed by atoms with Crippen LogP contribution in [0.5, 0.6) is 0 Å². The quantitative estimate of drug-likeness (QED) is 0.337. The molecule has 0 aliphatic carbocycles. The van der Waals surface area contributed by atoms with Crippen molar-refractivity contribution in [1.29, 1.82) is 0 Å². The third-order valence-electron chi connectivity index (χ3n) is 3.04. The van der Waals surface area contributed by atoms with Crippen LogP contribution in [0.4, 0.5) is 0 Å². The van der Waals surface area contributed by atoms with E-state index >= 15 is 0 Å². The van der Waals surface area contributed by atoms with Crippen molar-refractivity contribution in [3.8, 4) is 0 Å². The van der Waals surface area contributed by atoms with Gasteiger partial charge in [-0.1, -0.05) is 149 Å². The predicted octanol–water partition coefficient (Wildman–Crippen LogP) is 9.73. The summed E-state index contributed by atoms with van der Waals surface area (Å²) >= 11 is 0. The average molecular weight is 595 g/mol. The summed E-state index contributed by atoms with van der Waals surface area (Å²) in [4.78, 5) is 40.5. The van der Waals surface area contributed by atoms with Gasteiger partial charge in [-0.25, -0.2) is 0 Å². The Morgan fingerprint density at radius 1 is 0.476 bits per heavy atom. The number of Topliss-reactive ketones (excluding diaryl/α,β-unsaturated/α-hetero) is 2. The lowest BCUT2D eigenvalue weighted by atomic mass is 10.3. The molecule has 0 saturated carbocycles. The van der Waals surface area contributed by atoms with E-state index in [0.717, 1.165) is 6.54 Å². The minimum Gasteiger partial charge on any atom is -0.357 e. The molecule has 248 valence electrons. The van der Waals surface area contributed by atoms with E-state index in [0.29, 0.717) is 13.0 Å². The van der Waals surface area contributed by atoms with Crippen molar-refractivity contribution in [2.45, 2.75) is 124 Å². The minimum absolute atomic E-state index is 0. The van der Waals surface area contributed by atoms with Gasteiger partial charge in [-0.2, -0.15) is 0 Å². The Morgan fingerprint density at radius 2 is 0.690 bits per heavy atom. The summed E-state index contributed by atoms with van der Waals surface area (Å²) in [5.74, 6) is 0.00782. The molecule has 2 aromatic rings. The van der Waals surface area contributed by atoms with Crippen LogP contribution in [-0.2, 0) is 19.2 Å². The molecular formula is C36H70N2O4. The Bertz CT molecular complexity index is 635. The van der Waals surface area contributed by atoms with Crippen molar-refractivity contribution in [3.63, 3.8) is 0 Å². The molecule has 0 fully saturated rings. The largest absolute Gasteiger partial charge is 0.357 e. The molecule has 2 N–H and O–H groups in total. The van der Waals surface area contributed by atoms with Crippen LogP contribution in [0, 0.1) is 0 Å². The van der Waals surface area contributed by atoms with Gasteiger partial charge in [0.2, 0.25) is 11.8 Å². The summed E-state index contributed by atoms with van der Waals surface area (Å²) in [6.45, 7) is 23.9. The molecule has 0 spiro atoms. The second-order valence-corrected chi connectivity index (χ2v) is 7.70. The number of amides is 2. The molecule has 2 amide bonds. The molecule has 2 aromatic carbocycles. The minimum atomic E-state index is -0.190. The van der Waals surface area contributed by atoms with E-state index in [9.17, 15) is 19.2 Å². The van der Waals surface area contributed by atoms with Gasteiger partial charge >= 0.3 is 0 Å². The maximum Gasteiger partial charge on any atom is 0.227 e. The van der Waals surface area contributed by atoms with E-state index in [1.54, 1.807) is 6.92 Å². The number of ketones is 2. The molecule has 0 atom stereocenters. The highest BCUT2D eigenvalue weighted by Crippen LogP contribution is 1.81. The molecule has 6 heteroatoms. The Hall–Kier alpha value is -3.28. The van der Waals surface area contributed by atoms with Crippen LogP contribution < -0.4 is 10.6 Å². The molecule has 0 aromatic heterocycles. The highest BCUT2D eigenvalue weighted by Gasteiger charge is 2.00. The van der Waals surface area contributed by atoms with Gasteiger partial charge in [0.05, 0.1) is 6.42 Å². The van der Waals surface area contributed by atoms with Crippen LogP contribution in [0.2, 0.25) is 0 Å². The lowest BCUT2D eigenvalue weighted by molar-refractivity contribution is -0.127. The number of rotatable bonds is 5. The van der Waals surface area contributed by atoms with Crippen molar-refractivity contribution in [2.24, 2.45) is 0 Å². The summed E-state index contributed by atoms with van der Waals surface area (Å²) in [5.41, 5.74) is 0. The summed E-state index contributed by atoms with van der Waals surface area (Å²) in [7, 11) is 0. The van der Waals surface area contributed by atoms with Gasteiger partial charge in [0.1, 0.15) is 11.6 Å². The van der Waals surface area contributed by atoms with Crippen LogP contribution in [-0.4, -0.2) is 36.5 Å². The van der Waals surface area contributed by atoms with E-state index in [4.69, 9.17) is 0 Å². The number of hydrogen-bond donors (Lipinski definition) is 2. The van der Waals surface area contributed by atoms with Gasteiger partial charge in [0.15, 0.2) is 0 Å². The van der Waals surface area contributed by atoms with Crippen molar-refractivity contribution < 1.29 is 19.2 Å². The van der Waals surface area contributed by atoms with Gasteiger partial charge in [0, 0.05) is 26.4 Å². The fourth-order valence-electron chi connectivity index (χ4n) is 1.50. The molecule has 6 nitrogen and oxygen atoms in total. The molecule has 2 rings (SSSR count). The number of carbonyl (C=O) groups excluding carboxylic acids is 4. The highest BCUT2D eigenvalue weighted by molar-refractivity contribution is 5.96. The summed E-state index contributed by atoms with van der Waals surface area (Å²) < 4.78 is 0. The summed E-state index contributed by atoms with van der Waals surface area (Å²) in [6, 6.07) is 24.0. The Kier molecular flexibility index (Phi) is 85.7. The standard InChI is InChI=1S/C6H11NO2.2C6H6.C4H9NO.C4H8O.2C3H8.C2H6.2CH4/c1-3-7-6(9)4-5(2)8;2*1-2-4-6-5-3-1;1-3-5-4(2)6;1-3-4(2)5;2*1-3-2;1-2;;/h3-4H2,1-2H3,(H,7,9);2*1-6H;3H2,1-2H3,(H,5,6);3H2,1-2H3;2*3H2,1-2H3;1-2H3;2*1H4. The third kappa shape index (κ3) is 109. The van der Waals surface area contributed by atoms with Gasteiger partial charge < -0.3 is 15.4 Å². The first kappa shape index (κ1) is 58.4. The fraction of sp³-hybridized carbons (Fsp3) is 0.556. The van der Waals surface area contributed by atoms with E-state index in [-0.39, 0.29) is 44.7 Å². The molecule has 0 radical (unpaired) electrons. The maximum absolute atomic E-state index is 10.5. The first-order chi connectivity index (χ1) is 19.0. The number of nitrogens with one attached hydrogen (secondary N) is 2. The van der Waals surface area contributed by atoms with Crippen LogP contribution in [0.15, 0.2) is 72.8 Å². The smallest absolute Gasteiger partial charge is 0.227 e. The van der Waals surface area contributed by atoms with Crippen molar-refractivity contribution in [1.82, 2.24) is 10.6 Å². The summed E-state index contributed by atoms with van der Waals surface area (Å²) in [5, 5.41) is 5.09. The van der Waals surface area contributed by atoms with Crippen molar-refractivity contribution in [2.75, 3.05) is 13.1 Å². The fourth-order valence-corrected chi connectivity index (χ4v) is 1.50. The Labute approximate surface area is 262 Å². The Morgan fingerprint density at radius 3 is 0.786 bits per heavy atom. The number of hydrogen-bond acceptors (Lipinski definition) is 4. The van der Waals surface area contributed by atoms with E-state index in [2.05, 4.69) is 38.3 Å². The van der Waals surface area contributed by atoms with Crippen LogP contribution in [0.25, 0.3) is 0 Å². The van der Waals surface area contributed by atoms with Crippen LogP contribution in [0.1, 0.15) is 124 Å². The second-order valence-electron chi connectivity index (χ2n) is 7.70.